The van der Waals surface area contributed by atoms with E-state index in [0.29, 0.717) is 13.0 Å². The van der Waals surface area contributed by atoms with Crippen LogP contribution >= 0.6 is 0 Å². The van der Waals surface area contributed by atoms with Crippen LogP contribution < -0.4 is 16.4 Å². The molecule has 0 fully saturated rings. The fourth-order valence-electron chi connectivity index (χ4n) is 1.84. The summed E-state index contributed by atoms with van der Waals surface area (Å²) in [6.07, 6.45) is 6.28. The summed E-state index contributed by atoms with van der Waals surface area (Å²) in [7, 11) is 0. The lowest BCUT2D eigenvalue weighted by Gasteiger charge is -2.32. The van der Waals surface area contributed by atoms with Crippen molar-refractivity contribution in [1.82, 2.24) is 10.6 Å². The highest BCUT2D eigenvalue weighted by Crippen LogP contribution is 2.27. The molecule has 0 spiro atoms. The largest absolute Gasteiger partial charge is 0.507 e. The van der Waals surface area contributed by atoms with Gasteiger partial charge in [0.1, 0.15) is 5.76 Å². The summed E-state index contributed by atoms with van der Waals surface area (Å²) in [5.74, 6) is -1.41. The average Bonchev–Trinajstić information content (AvgIpc) is 2.42. The second-order valence-corrected chi connectivity index (χ2v) is 5.09. The van der Waals surface area contributed by atoms with Crippen LogP contribution in [0.4, 0.5) is 0 Å². The normalized spacial score (nSPS) is 21.0. The molecule has 0 aromatic carbocycles. The van der Waals surface area contributed by atoms with Crippen molar-refractivity contribution >= 4 is 11.8 Å². The Bertz CT molecular complexity index is 563. The van der Waals surface area contributed by atoms with Crippen LogP contribution in [0.2, 0.25) is 0 Å². The predicted molar refractivity (Wildman–Crippen MR) is 82.3 cm³/mol. The molecule has 1 aliphatic rings. The summed E-state index contributed by atoms with van der Waals surface area (Å²) in [5.41, 5.74) is 4.17. The van der Waals surface area contributed by atoms with E-state index in [9.17, 15) is 19.8 Å². The molecular weight excluding hydrogens is 286 g/mol. The minimum atomic E-state index is -1.83. The minimum Gasteiger partial charge on any atom is -0.507 e. The Labute approximate surface area is 128 Å². The van der Waals surface area contributed by atoms with Crippen LogP contribution in [0.3, 0.4) is 0 Å². The molecule has 0 aromatic heterocycles. The predicted octanol–water partition coefficient (Wildman–Crippen LogP) is 0.118. The third-order valence-electron chi connectivity index (χ3n) is 3.05. The SMILES string of the molecule is C=C(C)C(=O)NC1(O)CC(CCNC=CC(N)=O)=CC=C1O. The number of aliphatic hydroxyl groups is 2. The van der Waals surface area contributed by atoms with Crippen molar-refractivity contribution in [1.29, 1.82) is 0 Å². The van der Waals surface area contributed by atoms with Crippen molar-refractivity contribution in [3.63, 3.8) is 0 Å². The summed E-state index contributed by atoms with van der Waals surface area (Å²) in [6.45, 7) is 5.50. The molecule has 1 atom stereocenters. The molecule has 0 aromatic rings. The highest BCUT2D eigenvalue weighted by molar-refractivity contribution is 5.92. The van der Waals surface area contributed by atoms with E-state index in [1.165, 1.54) is 25.3 Å². The van der Waals surface area contributed by atoms with Gasteiger partial charge in [-0.25, -0.2) is 0 Å². The van der Waals surface area contributed by atoms with Crippen molar-refractivity contribution in [2.24, 2.45) is 5.73 Å². The van der Waals surface area contributed by atoms with Crippen LogP contribution in [0.25, 0.3) is 0 Å². The van der Waals surface area contributed by atoms with Gasteiger partial charge in [0, 0.05) is 30.8 Å². The quantitative estimate of drug-likeness (QED) is 0.259. The van der Waals surface area contributed by atoms with Gasteiger partial charge in [-0.05, 0) is 19.4 Å². The van der Waals surface area contributed by atoms with Crippen LogP contribution in [0.15, 0.2) is 47.9 Å². The van der Waals surface area contributed by atoms with E-state index in [0.717, 1.165) is 5.57 Å². The number of carbonyl (C=O) groups excluding carboxylic acids is 2. The van der Waals surface area contributed by atoms with E-state index in [2.05, 4.69) is 17.2 Å². The van der Waals surface area contributed by atoms with Crippen molar-refractivity contribution in [3.05, 3.63) is 47.9 Å². The van der Waals surface area contributed by atoms with E-state index < -0.39 is 17.5 Å². The van der Waals surface area contributed by atoms with E-state index >= 15 is 0 Å². The van der Waals surface area contributed by atoms with E-state index in [1.54, 1.807) is 6.08 Å². The molecule has 0 saturated heterocycles. The Kier molecular flexibility index (Phi) is 5.94. The second kappa shape index (κ2) is 7.46. The first-order valence-corrected chi connectivity index (χ1v) is 6.73. The summed E-state index contributed by atoms with van der Waals surface area (Å²) in [5, 5.41) is 25.4. The van der Waals surface area contributed by atoms with E-state index in [-0.39, 0.29) is 17.8 Å². The molecular formula is C15H21N3O4. The number of amides is 2. The first kappa shape index (κ1) is 17.5. The molecule has 1 rings (SSSR count). The lowest BCUT2D eigenvalue weighted by Crippen LogP contribution is -2.51. The number of primary amides is 1. The first-order chi connectivity index (χ1) is 10.2. The van der Waals surface area contributed by atoms with Crippen LogP contribution in [-0.2, 0) is 9.59 Å². The van der Waals surface area contributed by atoms with Crippen LogP contribution in [0.1, 0.15) is 19.8 Å². The van der Waals surface area contributed by atoms with Crippen molar-refractivity contribution in [3.8, 4) is 0 Å². The van der Waals surface area contributed by atoms with E-state index in [4.69, 9.17) is 5.73 Å². The maximum atomic E-state index is 11.6. The maximum absolute atomic E-state index is 11.6. The van der Waals surface area contributed by atoms with Gasteiger partial charge >= 0.3 is 0 Å². The first-order valence-electron chi connectivity index (χ1n) is 6.73. The summed E-state index contributed by atoms with van der Waals surface area (Å²) in [6, 6.07) is 0. The number of hydrogen-bond acceptors (Lipinski definition) is 5. The molecule has 0 aliphatic heterocycles. The molecule has 1 unspecified atom stereocenters. The fraction of sp³-hybridized carbons (Fsp3) is 0.333. The van der Waals surface area contributed by atoms with Gasteiger partial charge in [-0.3, -0.25) is 9.59 Å². The van der Waals surface area contributed by atoms with Crippen LogP contribution in [0, 0.1) is 0 Å². The molecule has 2 amide bonds. The second-order valence-electron chi connectivity index (χ2n) is 5.09. The Morgan fingerprint density at radius 3 is 2.77 bits per heavy atom. The number of hydrogen-bond donors (Lipinski definition) is 5. The Balaban J connectivity index is 2.60. The molecule has 7 nitrogen and oxygen atoms in total. The van der Waals surface area contributed by atoms with Gasteiger partial charge in [0.15, 0.2) is 0 Å². The van der Waals surface area contributed by atoms with E-state index in [1.807, 2.05) is 0 Å². The molecule has 0 saturated carbocycles. The molecule has 0 heterocycles. The zero-order valence-electron chi connectivity index (χ0n) is 12.4. The molecule has 22 heavy (non-hydrogen) atoms. The Morgan fingerprint density at radius 2 is 2.18 bits per heavy atom. The number of nitrogens with one attached hydrogen (secondary N) is 2. The zero-order chi connectivity index (χ0) is 16.8. The highest BCUT2D eigenvalue weighted by Gasteiger charge is 2.36. The number of allylic oxidation sites excluding steroid dienone is 2. The van der Waals surface area contributed by atoms with Gasteiger partial charge in [-0.2, -0.15) is 0 Å². The van der Waals surface area contributed by atoms with Crippen molar-refractivity contribution in [2.75, 3.05) is 6.54 Å². The molecule has 0 radical (unpaired) electrons. The van der Waals surface area contributed by atoms with Gasteiger partial charge in [-0.1, -0.05) is 18.2 Å². The molecule has 7 heteroatoms. The summed E-state index contributed by atoms with van der Waals surface area (Å²) in [4.78, 5) is 22.1. The van der Waals surface area contributed by atoms with Gasteiger partial charge in [-0.15, -0.1) is 0 Å². The average molecular weight is 307 g/mol. The topological polar surface area (TPSA) is 125 Å². The minimum absolute atomic E-state index is 0.0650. The van der Waals surface area contributed by atoms with Crippen LogP contribution in [0.5, 0.6) is 0 Å². The number of nitrogens with two attached hydrogens (primary N) is 1. The Morgan fingerprint density at radius 1 is 1.50 bits per heavy atom. The summed E-state index contributed by atoms with van der Waals surface area (Å²) >= 11 is 0. The molecule has 1 aliphatic carbocycles. The Hall–Kier alpha value is -2.54. The maximum Gasteiger partial charge on any atom is 0.248 e. The van der Waals surface area contributed by atoms with Gasteiger partial charge in [0.05, 0.1) is 0 Å². The number of aliphatic hydroxyl groups excluding tert-OH is 1. The molecule has 6 N–H and O–H groups in total. The molecule has 120 valence electrons. The smallest absolute Gasteiger partial charge is 0.248 e. The van der Waals surface area contributed by atoms with Crippen molar-refractivity contribution in [2.45, 2.75) is 25.5 Å². The standard InChI is InChI=1S/C15H21N3O4/c1-10(2)14(21)18-15(22)9-11(3-4-12(15)19)5-7-17-8-6-13(16)20/h3-4,6,8,17,19,22H,1,5,7,9H2,2H3,(H2,16,20)(H,18,21). The van der Waals surface area contributed by atoms with Crippen molar-refractivity contribution < 1.29 is 19.8 Å². The highest BCUT2D eigenvalue weighted by atomic mass is 16.4. The van der Waals surface area contributed by atoms with Gasteiger partial charge in [0.2, 0.25) is 17.5 Å². The molecule has 0 bridgehead atoms. The summed E-state index contributed by atoms with van der Waals surface area (Å²) < 4.78 is 0. The monoisotopic (exact) mass is 307 g/mol. The van der Waals surface area contributed by atoms with Gasteiger partial charge in [0.25, 0.3) is 0 Å². The van der Waals surface area contributed by atoms with Crippen LogP contribution in [-0.4, -0.2) is 34.3 Å². The third kappa shape index (κ3) is 5.10. The zero-order valence-corrected chi connectivity index (χ0v) is 12.4. The van der Waals surface area contributed by atoms with Gasteiger partial charge < -0.3 is 26.6 Å². The fourth-order valence-corrected chi connectivity index (χ4v) is 1.84. The lowest BCUT2D eigenvalue weighted by atomic mass is 9.93. The third-order valence-corrected chi connectivity index (χ3v) is 3.05. The number of rotatable bonds is 7. The lowest BCUT2D eigenvalue weighted by molar-refractivity contribution is -0.124. The number of carbonyl (C=O) groups is 2.